The molecule has 3 aromatic rings. The van der Waals surface area contributed by atoms with E-state index in [1.165, 1.54) is 0 Å². The largest absolute Gasteiger partial charge is 0.476 e. The van der Waals surface area contributed by atoms with Gasteiger partial charge in [0.25, 0.3) is 0 Å². The second-order valence-corrected chi connectivity index (χ2v) is 5.51. The van der Waals surface area contributed by atoms with Crippen molar-refractivity contribution in [3.05, 3.63) is 65.9 Å². The highest BCUT2D eigenvalue weighted by atomic mass is 16.5. The maximum absolute atomic E-state index is 12.6. The average Bonchev–Trinajstić information content (AvgIpc) is 3.08. The first kappa shape index (κ1) is 17.4. The molecule has 1 unspecified atom stereocenters. The molecule has 0 aliphatic carbocycles. The number of urea groups is 1. The molecule has 8 nitrogen and oxygen atoms in total. The van der Waals surface area contributed by atoms with E-state index in [9.17, 15) is 4.79 Å². The highest BCUT2D eigenvalue weighted by Crippen LogP contribution is 2.22. The van der Waals surface area contributed by atoms with E-state index in [4.69, 9.17) is 4.74 Å². The van der Waals surface area contributed by atoms with Crippen LogP contribution >= 0.6 is 0 Å². The van der Waals surface area contributed by atoms with E-state index in [0.29, 0.717) is 29.8 Å². The molecule has 3 N–H and O–H groups in total. The van der Waals surface area contributed by atoms with Gasteiger partial charge in [-0.3, -0.25) is 5.10 Å². The number of rotatable bonds is 6. The molecule has 0 aliphatic rings. The third-order valence-electron chi connectivity index (χ3n) is 3.58. The Kier molecular flexibility index (Phi) is 5.43. The van der Waals surface area contributed by atoms with E-state index < -0.39 is 12.1 Å². The first-order chi connectivity index (χ1) is 12.7. The van der Waals surface area contributed by atoms with Crippen molar-refractivity contribution in [1.29, 1.82) is 0 Å². The molecule has 0 bridgehead atoms. The number of aromatic nitrogens is 4. The first-order valence-electron chi connectivity index (χ1n) is 8.26. The number of pyridine rings is 1. The zero-order chi connectivity index (χ0) is 18.4. The van der Waals surface area contributed by atoms with Crippen LogP contribution in [0.3, 0.4) is 0 Å². The number of nitrogens with zero attached hydrogens (tertiary/aromatic N) is 3. The quantitative estimate of drug-likeness (QED) is 0.633. The van der Waals surface area contributed by atoms with E-state index in [0.717, 1.165) is 5.56 Å². The Bertz CT molecular complexity index is 865. The Morgan fingerprint density at radius 1 is 1.23 bits per heavy atom. The minimum atomic E-state index is -0.492. The molecular weight excluding hydrogens is 332 g/mol. The molecule has 0 aliphatic heterocycles. The van der Waals surface area contributed by atoms with Crippen LogP contribution in [0.15, 0.2) is 48.7 Å². The number of benzene rings is 1. The average molecular weight is 352 g/mol. The van der Waals surface area contributed by atoms with Crippen molar-refractivity contribution in [3.8, 4) is 5.88 Å². The van der Waals surface area contributed by atoms with Crippen LogP contribution in [0, 0.1) is 6.92 Å². The van der Waals surface area contributed by atoms with Crippen LogP contribution in [0.25, 0.3) is 0 Å². The molecule has 1 aromatic carbocycles. The van der Waals surface area contributed by atoms with Crippen LogP contribution < -0.4 is 15.4 Å². The molecular formula is C18H20N6O2. The molecule has 2 amide bonds. The van der Waals surface area contributed by atoms with Gasteiger partial charge in [-0.05, 0) is 31.5 Å². The molecule has 0 radical (unpaired) electrons. The second-order valence-electron chi connectivity index (χ2n) is 5.51. The highest BCUT2D eigenvalue weighted by molar-refractivity contribution is 5.90. The number of amides is 2. The maximum atomic E-state index is 12.6. The fourth-order valence-corrected chi connectivity index (χ4v) is 2.46. The molecule has 8 heteroatoms. The number of ether oxygens (including phenoxy) is 1. The lowest BCUT2D eigenvalue weighted by atomic mass is 10.1. The zero-order valence-corrected chi connectivity index (χ0v) is 14.6. The highest BCUT2D eigenvalue weighted by Gasteiger charge is 2.21. The summed E-state index contributed by atoms with van der Waals surface area (Å²) < 4.78 is 5.43. The van der Waals surface area contributed by atoms with Crippen LogP contribution in [0.5, 0.6) is 5.88 Å². The van der Waals surface area contributed by atoms with Crippen molar-refractivity contribution in [2.24, 2.45) is 0 Å². The number of carbonyl (C=O) groups is 1. The monoisotopic (exact) mass is 352 g/mol. The van der Waals surface area contributed by atoms with Crippen LogP contribution in [0.4, 0.5) is 10.5 Å². The van der Waals surface area contributed by atoms with Crippen molar-refractivity contribution in [2.45, 2.75) is 19.9 Å². The third kappa shape index (κ3) is 4.15. The lowest BCUT2D eigenvalue weighted by molar-refractivity contribution is 0.249. The Labute approximate surface area is 151 Å². The van der Waals surface area contributed by atoms with Crippen molar-refractivity contribution < 1.29 is 9.53 Å². The summed E-state index contributed by atoms with van der Waals surface area (Å²) >= 11 is 0. The Hall–Kier alpha value is -3.42. The normalized spacial score (nSPS) is 11.6. The number of nitrogens with one attached hydrogen (secondary N) is 3. The Morgan fingerprint density at radius 3 is 2.73 bits per heavy atom. The van der Waals surface area contributed by atoms with Gasteiger partial charge in [0.05, 0.1) is 6.61 Å². The van der Waals surface area contributed by atoms with Gasteiger partial charge >= 0.3 is 6.03 Å². The fourth-order valence-electron chi connectivity index (χ4n) is 2.46. The molecule has 2 aromatic heterocycles. The van der Waals surface area contributed by atoms with Crippen molar-refractivity contribution in [3.63, 3.8) is 0 Å². The van der Waals surface area contributed by atoms with Crippen LogP contribution in [-0.4, -0.2) is 32.8 Å². The summed E-state index contributed by atoms with van der Waals surface area (Å²) in [5.74, 6) is 1.53. The second kappa shape index (κ2) is 8.11. The van der Waals surface area contributed by atoms with Gasteiger partial charge in [0.1, 0.15) is 17.6 Å². The van der Waals surface area contributed by atoms with E-state index >= 15 is 0 Å². The standard InChI is InChI=1S/C18H20N6O2/c1-3-26-17-14(10-7-11-19-17)21-18(25)22-15(13-8-5-4-6-9-13)16-20-12(2)23-24-16/h4-11,15H,3H2,1-2H3,(H,20,23,24)(H2,21,22,25). The van der Waals surface area contributed by atoms with Crippen molar-refractivity contribution in [1.82, 2.24) is 25.5 Å². The summed E-state index contributed by atoms with van der Waals surface area (Å²) in [6.45, 7) is 4.12. The Morgan fingerprint density at radius 2 is 2.04 bits per heavy atom. The molecule has 0 saturated carbocycles. The van der Waals surface area contributed by atoms with Crippen molar-refractivity contribution >= 4 is 11.7 Å². The summed E-state index contributed by atoms with van der Waals surface area (Å²) in [6, 6.07) is 12.1. The SMILES string of the molecule is CCOc1ncccc1NC(=O)NC(c1ccccc1)c1n[nH]c(C)n1. The van der Waals surface area contributed by atoms with Crippen LogP contribution in [-0.2, 0) is 0 Å². The smallest absolute Gasteiger partial charge is 0.320 e. The number of hydrogen-bond donors (Lipinski definition) is 3. The third-order valence-corrected chi connectivity index (χ3v) is 3.58. The lowest BCUT2D eigenvalue weighted by Crippen LogP contribution is -2.34. The fraction of sp³-hybridized carbons (Fsp3) is 0.222. The number of H-pyrrole nitrogens is 1. The lowest BCUT2D eigenvalue weighted by Gasteiger charge is -2.17. The molecule has 0 spiro atoms. The summed E-state index contributed by atoms with van der Waals surface area (Å²) in [7, 11) is 0. The number of carbonyl (C=O) groups excluding carboxylic acids is 1. The van der Waals surface area contributed by atoms with Gasteiger partial charge in [-0.1, -0.05) is 30.3 Å². The predicted molar refractivity (Wildman–Crippen MR) is 97.0 cm³/mol. The van der Waals surface area contributed by atoms with Crippen molar-refractivity contribution in [2.75, 3.05) is 11.9 Å². The summed E-state index contributed by atoms with van der Waals surface area (Å²) in [4.78, 5) is 21.0. The van der Waals surface area contributed by atoms with E-state index in [1.54, 1.807) is 18.3 Å². The van der Waals surface area contributed by atoms with Crippen LogP contribution in [0.2, 0.25) is 0 Å². The van der Waals surface area contributed by atoms with Gasteiger partial charge in [-0.25, -0.2) is 14.8 Å². The van der Waals surface area contributed by atoms with Gasteiger partial charge in [0.15, 0.2) is 5.82 Å². The molecule has 1 atom stereocenters. The summed E-state index contributed by atoms with van der Waals surface area (Å²) in [6.07, 6.45) is 1.61. The van der Waals surface area contributed by atoms with E-state index in [1.807, 2.05) is 44.2 Å². The number of anilines is 1. The maximum Gasteiger partial charge on any atom is 0.320 e. The molecule has 0 fully saturated rings. The van der Waals surface area contributed by atoms with Crippen LogP contribution in [0.1, 0.15) is 30.2 Å². The minimum Gasteiger partial charge on any atom is -0.476 e. The topological polar surface area (TPSA) is 105 Å². The molecule has 0 saturated heterocycles. The first-order valence-corrected chi connectivity index (χ1v) is 8.26. The molecule has 26 heavy (non-hydrogen) atoms. The van der Waals surface area contributed by atoms with E-state index in [-0.39, 0.29) is 0 Å². The van der Waals surface area contributed by atoms with Gasteiger partial charge in [0.2, 0.25) is 5.88 Å². The van der Waals surface area contributed by atoms with E-state index in [2.05, 4.69) is 30.8 Å². The molecule has 3 rings (SSSR count). The predicted octanol–water partition coefficient (Wildman–Crippen LogP) is 2.82. The van der Waals surface area contributed by atoms with Gasteiger partial charge in [-0.2, -0.15) is 5.10 Å². The summed E-state index contributed by atoms with van der Waals surface area (Å²) in [5, 5.41) is 12.7. The number of aromatic amines is 1. The number of hydrogen-bond acceptors (Lipinski definition) is 5. The van der Waals surface area contributed by atoms with Gasteiger partial charge in [-0.15, -0.1) is 0 Å². The Balaban J connectivity index is 1.80. The summed E-state index contributed by atoms with van der Waals surface area (Å²) in [5.41, 5.74) is 1.36. The van der Waals surface area contributed by atoms with Gasteiger partial charge < -0.3 is 15.4 Å². The van der Waals surface area contributed by atoms with Gasteiger partial charge in [0, 0.05) is 6.20 Å². The molecule has 2 heterocycles. The zero-order valence-electron chi connectivity index (χ0n) is 14.6. The number of aryl methyl sites for hydroxylation is 1. The minimum absolute atomic E-state index is 0.371. The molecule has 134 valence electrons.